The first kappa shape index (κ1) is 21.3. The number of carbonyl (C=O) groups is 1. The molecule has 0 radical (unpaired) electrons. The number of amides is 1. The fourth-order valence-electron chi connectivity index (χ4n) is 4.27. The molecular formula is C22H31N5O2S. The van der Waals surface area contributed by atoms with Gasteiger partial charge in [0.05, 0.1) is 18.9 Å². The number of carbonyl (C=O) groups excluding carboxylic acids is 1. The van der Waals surface area contributed by atoms with Gasteiger partial charge in [-0.05, 0) is 56.6 Å². The zero-order valence-electron chi connectivity index (χ0n) is 17.9. The Morgan fingerprint density at radius 1 is 1.13 bits per heavy atom. The molecule has 162 valence electrons. The quantitative estimate of drug-likeness (QED) is 0.567. The van der Waals surface area contributed by atoms with E-state index in [2.05, 4.69) is 27.0 Å². The average molecular weight is 430 g/mol. The van der Waals surface area contributed by atoms with Crippen LogP contribution in [0.25, 0.3) is 11.4 Å². The Kier molecular flexibility index (Phi) is 7.04. The van der Waals surface area contributed by atoms with Gasteiger partial charge in [0.15, 0.2) is 11.0 Å². The molecule has 0 atom stereocenters. The normalized spacial score (nSPS) is 21.5. The van der Waals surface area contributed by atoms with Crippen molar-refractivity contribution >= 4 is 17.7 Å². The predicted octanol–water partition coefficient (Wildman–Crippen LogP) is 3.65. The molecule has 2 aliphatic carbocycles. The van der Waals surface area contributed by atoms with Crippen LogP contribution in [0, 0.1) is 5.92 Å². The van der Waals surface area contributed by atoms with Crippen molar-refractivity contribution in [2.24, 2.45) is 5.92 Å². The summed E-state index contributed by atoms with van der Waals surface area (Å²) in [4.78, 5) is 19.5. The molecule has 2 aliphatic rings. The van der Waals surface area contributed by atoms with Gasteiger partial charge in [0.25, 0.3) is 0 Å². The summed E-state index contributed by atoms with van der Waals surface area (Å²) in [5, 5.41) is 9.54. The molecule has 30 heavy (non-hydrogen) atoms. The first-order valence-corrected chi connectivity index (χ1v) is 11.9. The van der Waals surface area contributed by atoms with Crippen LogP contribution in [-0.2, 0) is 16.1 Å². The van der Waals surface area contributed by atoms with E-state index in [1.165, 1.54) is 24.6 Å². The van der Waals surface area contributed by atoms with Gasteiger partial charge in [0.2, 0.25) is 5.91 Å². The van der Waals surface area contributed by atoms with Gasteiger partial charge in [-0.25, -0.2) is 0 Å². The maximum Gasteiger partial charge on any atom is 0.233 e. The molecule has 2 aromatic heterocycles. The van der Waals surface area contributed by atoms with Crippen LogP contribution in [-0.4, -0.2) is 62.1 Å². The average Bonchev–Trinajstić information content (AvgIpc) is 3.52. The predicted molar refractivity (Wildman–Crippen MR) is 117 cm³/mol. The molecule has 2 aromatic rings. The molecule has 2 heterocycles. The highest BCUT2D eigenvalue weighted by molar-refractivity contribution is 7.99. The minimum Gasteiger partial charge on any atom is -0.383 e. The van der Waals surface area contributed by atoms with E-state index in [1.54, 1.807) is 19.5 Å². The summed E-state index contributed by atoms with van der Waals surface area (Å²) in [6, 6.07) is 4.72. The van der Waals surface area contributed by atoms with Crippen molar-refractivity contribution in [2.75, 3.05) is 19.5 Å². The number of hydrogen-bond acceptors (Lipinski definition) is 6. The number of pyridine rings is 1. The van der Waals surface area contributed by atoms with Crippen molar-refractivity contribution in [3.05, 3.63) is 24.5 Å². The van der Waals surface area contributed by atoms with Gasteiger partial charge in [-0.1, -0.05) is 18.7 Å². The van der Waals surface area contributed by atoms with Crippen molar-refractivity contribution in [3.63, 3.8) is 0 Å². The summed E-state index contributed by atoms with van der Waals surface area (Å²) in [7, 11) is 1.69. The van der Waals surface area contributed by atoms with Crippen LogP contribution in [0.5, 0.6) is 0 Å². The van der Waals surface area contributed by atoms with E-state index in [0.29, 0.717) is 31.0 Å². The van der Waals surface area contributed by atoms with E-state index in [4.69, 9.17) is 4.74 Å². The van der Waals surface area contributed by atoms with Crippen molar-refractivity contribution in [2.45, 2.75) is 69.2 Å². The first-order chi connectivity index (χ1) is 14.7. The number of aromatic nitrogens is 4. The van der Waals surface area contributed by atoms with Crippen molar-refractivity contribution in [3.8, 4) is 11.4 Å². The molecule has 4 rings (SSSR count). The molecule has 0 aliphatic heterocycles. The highest BCUT2D eigenvalue weighted by Crippen LogP contribution is 2.36. The highest BCUT2D eigenvalue weighted by atomic mass is 32.2. The highest BCUT2D eigenvalue weighted by Gasteiger charge is 2.38. The molecule has 0 unspecified atom stereocenters. The molecule has 0 spiro atoms. The van der Waals surface area contributed by atoms with E-state index >= 15 is 0 Å². The summed E-state index contributed by atoms with van der Waals surface area (Å²) in [6.07, 6.45) is 10.6. The number of thioether (sulfide) groups is 1. The molecule has 0 saturated heterocycles. The van der Waals surface area contributed by atoms with Crippen LogP contribution in [0.3, 0.4) is 0 Å². The maximum absolute atomic E-state index is 13.2. The zero-order chi connectivity index (χ0) is 20.9. The Hall–Kier alpha value is -1.93. The van der Waals surface area contributed by atoms with Gasteiger partial charge in [0, 0.05) is 37.2 Å². The third-order valence-electron chi connectivity index (χ3n) is 6.11. The third kappa shape index (κ3) is 5.03. The second-order valence-corrected chi connectivity index (χ2v) is 9.36. The second kappa shape index (κ2) is 9.92. The van der Waals surface area contributed by atoms with E-state index in [-0.39, 0.29) is 5.91 Å². The number of nitrogens with zero attached hydrogens (tertiary/aromatic N) is 5. The Morgan fingerprint density at radius 3 is 2.43 bits per heavy atom. The van der Waals surface area contributed by atoms with Crippen LogP contribution in [0.2, 0.25) is 0 Å². The molecule has 2 fully saturated rings. The lowest BCUT2D eigenvalue weighted by atomic mass is 9.86. The van der Waals surface area contributed by atoms with Crippen LogP contribution < -0.4 is 0 Å². The largest absolute Gasteiger partial charge is 0.383 e. The Bertz CT molecular complexity index is 831. The second-order valence-electron chi connectivity index (χ2n) is 8.42. The summed E-state index contributed by atoms with van der Waals surface area (Å²) >= 11 is 1.49. The summed E-state index contributed by atoms with van der Waals surface area (Å²) in [6.45, 7) is 3.53. The Labute approximate surface area is 182 Å². The lowest BCUT2D eigenvalue weighted by Gasteiger charge is -2.36. The SMILES string of the molecule is COCCn1c(SCC(=O)N(C2CCC(C)CC2)C2CC2)nnc1-c1ccncc1. The van der Waals surface area contributed by atoms with E-state index in [0.717, 1.165) is 48.1 Å². The molecule has 2 saturated carbocycles. The molecule has 8 heteroatoms. The van der Waals surface area contributed by atoms with Crippen molar-refractivity contribution in [1.82, 2.24) is 24.6 Å². The number of methoxy groups -OCH3 is 1. The lowest BCUT2D eigenvalue weighted by molar-refractivity contribution is -0.132. The van der Waals surface area contributed by atoms with Crippen LogP contribution in [0.1, 0.15) is 45.4 Å². The number of hydrogen-bond donors (Lipinski definition) is 0. The molecular weight excluding hydrogens is 398 g/mol. The molecule has 0 N–H and O–H groups in total. The molecule has 0 aromatic carbocycles. The lowest BCUT2D eigenvalue weighted by Crippen LogP contribution is -2.44. The molecule has 7 nitrogen and oxygen atoms in total. The smallest absolute Gasteiger partial charge is 0.233 e. The molecule has 1 amide bonds. The topological polar surface area (TPSA) is 73.1 Å². The molecule has 0 bridgehead atoms. The van der Waals surface area contributed by atoms with Crippen LogP contribution in [0.4, 0.5) is 0 Å². The fraction of sp³-hybridized carbons (Fsp3) is 0.636. The zero-order valence-corrected chi connectivity index (χ0v) is 18.7. The standard InChI is InChI=1S/C22H31N5O2S/c1-16-3-5-18(6-4-16)27(19-7-8-19)20(28)15-30-22-25-24-21(26(22)13-14-29-2)17-9-11-23-12-10-17/h9-12,16,18-19H,3-8,13-15H2,1-2H3. The van der Waals surface area contributed by atoms with Crippen LogP contribution >= 0.6 is 11.8 Å². The summed E-state index contributed by atoms with van der Waals surface area (Å²) in [5.74, 6) is 2.22. The number of ether oxygens (including phenoxy) is 1. The van der Waals surface area contributed by atoms with Crippen LogP contribution in [0.15, 0.2) is 29.7 Å². The van der Waals surface area contributed by atoms with Gasteiger partial charge in [-0.15, -0.1) is 10.2 Å². The minimum atomic E-state index is 0.244. The third-order valence-corrected chi connectivity index (χ3v) is 7.06. The van der Waals surface area contributed by atoms with Gasteiger partial charge >= 0.3 is 0 Å². The summed E-state index contributed by atoms with van der Waals surface area (Å²) < 4.78 is 7.32. The maximum atomic E-state index is 13.2. The fourth-order valence-corrected chi connectivity index (χ4v) is 5.11. The van der Waals surface area contributed by atoms with Gasteiger partial charge in [-0.2, -0.15) is 0 Å². The van der Waals surface area contributed by atoms with Gasteiger partial charge in [-0.3, -0.25) is 14.3 Å². The van der Waals surface area contributed by atoms with E-state index in [1.807, 2.05) is 16.7 Å². The van der Waals surface area contributed by atoms with Gasteiger partial charge in [0.1, 0.15) is 0 Å². The monoisotopic (exact) mass is 429 g/mol. The van der Waals surface area contributed by atoms with Crippen molar-refractivity contribution < 1.29 is 9.53 Å². The Balaban J connectivity index is 1.45. The number of rotatable bonds is 9. The summed E-state index contributed by atoms with van der Waals surface area (Å²) in [5.41, 5.74) is 0.961. The minimum absolute atomic E-state index is 0.244. The first-order valence-electron chi connectivity index (χ1n) is 10.9. The van der Waals surface area contributed by atoms with E-state index in [9.17, 15) is 4.79 Å². The van der Waals surface area contributed by atoms with E-state index < -0.39 is 0 Å². The Morgan fingerprint density at radius 2 is 1.80 bits per heavy atom. The van der Waals surface area contributed by atoms with Gasteiger partial charge < -0.3 is 9.64 Å². The van der Waals surface area contributed by atoms with Crippen molar-refractivity contribution in [1.29, 1.82) is 0 Å².